The number of rotatable bonds is 8. The van der Waals surface area contributed by atoms with Crippen molar-refractivity contribution in [3.63, 3.8) is 0 Å². The fraction of sp³-hybridized carbons (Fsp3) is 0.429. The number of benzene rings is 1. The van der Waals surface area contributed by atoms with E-state index in [-0.39, 0.29) is 11.8 Å². The van der Waals surface area contributed by atoms with Gasteiger partial charge in [0.05, 0.1) is 12.7 Å². The summed E-state index contributed by atoms with van der Waals surface area (Å²) in [5.74, 6) is 0.0714. The molecule has 0 unspecified atom stereocenters. The van der Waals surface area contributed by atoms with Gasteiger partial charge in [0.1, 0.15) is 5.69 Å². The van der Waals surface area contributed by atoms with Gasteiger partial charge in [0, 0.05) is 32.1 Å². The second-order valence-corrected chi connectivity index (χ2v) is 7.00. The number of hydrogen-bond donors (Lipinski definition) is 1. The van der Waals surface area contributed by atoms with E-state index >= 15 is 0 Å². The van der Waals surface area contributed by atoms with E-state index in [9.17, 15) is 9.59 Å². The molecule has 0 bridgehead atoms. The molecule has 1 saturated heterocycles. The second kappa shape index (κ2) is 10.4. The molecular weight excluding hydrogens is 354 g/mol. The standard InChI is InChI=1S/C21H27N5O2/c27-20(22-13-7-15-25-14-6-2-5-10-21(25)28)12-11-19-17-26(24-23-19)16-18-8-3-1-4-9-18/h1,3-4,8-9,11-12,17H,2,5-7,10,13-16H2,(H,22,27)/b12-11+. The highest BCUT2D eigenvalue weighted by Crippen LogP contribution is 2.11. The zero-order chi connectivity index (χ0) is 19.6. The first-order valence-electron chi connectivity index (χ1n) is 9.88. The molecule has 2 amide bonds. The molecular formula is C21H27N5O2. The maximum atomic E-state index is 12.0. The normalized spacial score (nSPS) is 15.0. The fourth-order valence-electron chi connectivity index (χ4n) is 3.21. The van der Waals surface area contributed by atoms with Crippen LogP contribution in [0.2, 0.25) is 0 Å². The van der Waals surface area contributed by atoms with Gasteiger partial charge in [-0.25, -0.2) is 4.68 Å². The highest BCUT2D eigenvalue weighted by molar-refractivity contribution is 5.91. The van der Waals surface area contributed by atoms with Gasteiger partial charge >= 0.3 is 0 Å². The number of nitrogens with zero attached hydrogens (tertiary/aromatic N) is 4. The number of likely N-dealkylation sites (tertiary alicyclic amines) is 1. The Bertz CT molecular complexity index is 800. The highest BCUT2D eigenvalue weighted by atomic mass is 16.2. The van der Waals surface area contributed by atoms with E-state index in [0.717, 1.165) is 37.8 Å². The average molecular weight is 381 g/mol. The first kappa shape index (κ1) is 19.8. The zero-order valence-corrected chi connectivity index (χ0v) is 16.1. The van der Waals surface area contributed by atoms with Crippen LogP contribution in [0.4, 0.5) is 0 Å². The van der Waals surface area contributed by atoms with Crippen molar-refractivity contribution in [1.82, 2.24) is 25.2 Å². The third-order valence-electron chi connectivity index (χ3n) is 4.72. The SMILES string of the molecule is O=C(/C=C/c1cn(Cc2ccccc2)nn1)NCCCN1CCCCCC1=O. The Labute approximate surface area is 165 Å². The lowest BCUT2D eigenvalue weighted by molar-refractivity contribution is -0.130. The van der Waals surface area contributed by atoms with Crippen molar-refractivity contribution in [2.24, 2.45) is 0 Å². The van der Waals surface area contributed by atoms with Gasteiger partial charge in [-0.15, -0.1) is 5.10 Å². The minimum atomic E-state index is -0.167. The second-order valence-electron chi connectivity index (χ2n) is 7.00. The third kappa shape index (κ3) is 6.33. The number of amides is 2. The predicted octanol–water partition coefficient (Wildman–Crippen LogP) is 2.25. The maximum absolute atomic E-state index is 12.0. The van der Waals surface area contributed by atoms with E-state index in [2.05, 4.69) is 15.6 Å². The van der Waals surface area contributed by atoms with Crippen molar-refractivity contribution in [3.8, 4) is 0 Å². The Hall–Kier alpha value is -2.96. The third-order valence-corrected chi connectivity index (χ3v) is 4.72. The molecule has 7 heteroatoms. The molecule has 3 rings (SSSR count). The summed E-state index contributed by atoms with van der Waals surface area (Å²) < 4.78 is 1.74. The molecule has 2 aromatic rings. The van der Waals surface area contributed by atoms with Gasteiger partial charge in [0.2, 0.25) is 11.8 Å². The molecule has 1 aliphatic rings. The van der Waals surface area contributed by atoms with Gasteiger partial charge in [-0.1, -0.05) is 42.0 Å². The molecule has 0 aliphatic carbocycles. The Morgan fingerprint density at radius 3 is 2.89 bits per heavy atom. The van der Waals surface area contributed by atoms with Crippen LogP contribution in [-0.2, 0) is 16.1 Å². The molecule has 0 atom stereocenters. The van der Waals surface area contributed by atoms with Crippen molar-refractivity contribution in [2.75, 3.05) is 19.6 Å². The molecule has 0 spiro atoms. The number of aromatic nitrogens is 3. The maximum Gasteiger partial charge on any atom is 0.244 e. The van der Waals surface area contributed by atoms with E-state index < -0.39 is 0 Å². The number of carbonyl (C=O) groups excluding carboxylic acids is 2. The van der Waals surface area contributed by atoms with Gasteiger partial charge in [-0.2, -0.15) is 0 Å². The summed E-state index contributed by atoms with van der Waals surface area (Å²) in [4.78, 5) is 25.8. The van der Waals surface area contributed by atoms with Gasteiger partial charge in [-0.05, 0) is 30.9 Å². The summed E-state index contributed by atoms with van der Waals surface area (Å²) in [5.41, 5.74) is 1.78. The van der Waals surface area contributed by atoms with Crippen LogP contribution in [0, 0.1) is 0 Å². The molecule has 2 heterocycles. The minimum Gasteiger partial charge on any atom is -0.352 e. The predicted molar refractivity (Wildman–Crippen MR) is 107 cm³/mol. The van der Waals surface area contributed by atoms with E-state index in [1.807, 2.05) is 41.4 Å². The van der Waals surface area contributed by atoms with Crippen molar-refractivity contribution in [1.29, 1.82) is 0 Å². The molecule has 1 aromatic heterocycles. The molecule has 1 aromatic carbocycles. The van der Waals surface area contributed by atoms with E-state index in [0.29, 0.717) is 31.7 Å². The fourth-order valence-corrected chi connectivity index (χ4v) is 3.21. The molecule has 148 valence electrons. The van der Waals surface area contributed by atoms with E-state index in [4.69, 9.17) is 0 Å². The summed E-state index contributed by atoms with van der Waals surface area (Å²) in [7, 11) is 0. The molecule has 28 heavy (non-hydrogen) atoms. The molecule has 1 fully saturated rings. The quantitative estimate of drug-likeness (QED) is 0.562. The van der Waals surface area contributed by atoms with Crippen molar-refractivity contribution in [3.05, 3.63) is 53.9 Å². The van der Waals surface area contributed by atoms with Crippen LogP contribution in [0.25, 0.3) is 6.08 Å². The Kier molecular flexibility index (Phi) is 7.35. The number of hydrogen-bond acceptors (Lipinski definition) is 4. The Morgan fingerprint density at radius 1 is 1.18 bits per heavy atom. The lowest BCUT2D eigenvalue weighted by Crippen LogP contribution is -2.33. The van der Waals surface area contributed by atoms with E-state index in [1.165, 1.54) is 6.08 Å². The van der Waals surface area contributed by atoms with Gasteiger partial charge < -0.3 is 10.2 Å². The van der Waals surface area contributed by atoms with E-state index in [1.54, 1.807) is 10.8 Å². The zero-order valence-electron chi connectivity index (χ0n) is 16.1. The Balaban J connectivity index is 1.37. The van der Waals surface area contributed by atoms with Crippen molar-refractivity contribution < 1.29 is 9.59 Å². The van der Waals surface area contributed by atoms with Gasteiger partial charge in [0.25, 0.3) is 0 Å². The summed E-state index contributed by atoms with van der Waals surface area (Å²) >= 11 is 0. The summed E-state index contributed by atoms with van der Waals surface area (Å²) in [6, 6.07) is 10.0. The van der Waals surface area contributed by atoms with Crippen LogP contribution in [0.3, 0.4) is 0 Å². The van der Waals surface area contributed by atoms with Gasteiger partial charge in [-0.3, -0.25) is 9.59 Å². The molecule has 1 N–H and O–H groups in total. The minimum absolute atomic E-state index is 0.167. The largest absolute Gasteiger partial charge is 0.352 e. The lowest BCUT2D eigenvalue weighted by Gasteiger charge is -2.20. The average Bonchev–Trinajstić information content (AvgIpc) is 3.05. The smallest absolute Gasteiger partial charge is 0.244 e. The van der Waals surface area contributed by atoms with Crippen molar-refractivity contribution in [2.45, 2.75) is 38.6 Å². The van der Waals surface area contributed by atoms with Crippen LogP contribution in [0.1, 0.15) is 43.4 Å². The Morgan fingerprint density at radius 2 is 2.04 bits per heavy atom. The highest BCUT2D eigenvalue weighted by Gasteiger charge is 2.15. The van der Waals surface area contributed by atoms with Crippen LogP contribution >= 0.6 is 0 Å². The summed E-state index contributed by atoms with van der Waals surface area (Å²) in [6.45, 7) is 2.73. The van der Waals surface area contributed by atoms with Crippen LogP contribution < -0.4 is 5.32 Å². The monoisotopic (exact) mass is 381 g/mol. The van der Waals surface area contributed by atoms with Gasteiger partial charge in [0.15, 0.2) is 0 Å². The number of carbonyl (C=O) groups is 2. The molecule has 7 nitrogen and oxygen atoms in total. The molecule has 1 aliphatic heterocycles. The van der Waals surface area contributed by atoms with Crippen LogP contribution in [0.15, 0.2) is 42.6 Å². The first-order valence-corrected chi connectivity index (χ1v) is 9.88. The summed E-state index contributed by atoms with van der Waals surface area (Å²) in [6.07, 6.45) is 9.54. The lowest BCUT2D eigenvalue weighted by atomic mass is 10.2. The van der Waals surface area contributed by atoms with Crippen LogP contribution in [0.5, 0.6) is 0 Å². The number of nitrogens with one attached hydrogen (secondary N) is 1. The molecule has 0 radical (unpaired) electrons. The topological polar surface area (TPSA) is 80.1 Å². The van der Waals surface area contributed by atoms with Crippen molar-refractivity contribution >= 4 is 17.9 Å². The molecule has 0 saturated carbocycles. The summed E-state index contributed by atoms with van der Waals surface area (Å²) in [5, 5.41) is 11.0. The van der Waals surface area contributed by atoms with Crippen LogP contribution in [-0.4, -0.2) is 51.3 Å². The first-order chi connectivity index (χ1) is 13.7.